The van der Waals surface area contributed by atoms with Gasteiger partial charge in [-0.05, 0) is 52.1 Å². The molecule has 0 aliphatic heterocycles. The first-order valence-corrected chi connectivity index (χ1v) is 7.55. The Bertz CT molecular complexity index is 406. The van der Waals surface area contributed by atoms with E-state index >= 15 is 0 Å². The molecular formula is C15H27N3O. The van der Waals surface area contributed by atoms with Crippen molar-refractivity contribution in [2.75, 3.05) is 6.54 Å². The van der Waals surface area contributed by atoms with E-state index in [1.807, 2.05) is 11.6 Å². The van der Waals surface area contributed by atoms with Gasteiger partial charge < -0.3 is 10.4 Å². The molecule has 1 heterocycles. The van der Waals surface area contributed by atoms with Crippen LogP contribution in [0.15, 0.2) is 6.07 Å². The van der Waals surface area contributed by atoms with Crippen LogP contribution in [0.3, 0.4) is 0 Å². The molecule has 0 radical (unpaired) electrons. The van der Waals surface area contributed by atoms with Gasteiger partial charge in [0.1, 0.15) is 0 Å². The fourth-order valence-corrected chi connectivity index (χ4v) is 3.18. The molecule has 108 valence electrons. The summed E-state index contributed by atoms with van der Waals surface area (Å²) in [6.45, 7) is 8.15. The maximum atomic E-state index is 10.8. The zero-order valence-corrected chi connectivity index (χ0v) is 12.4. The summed E-state index contributed by atoms with van der Waals surface area (Å²) in [7, 11) is 0. The number of aliphatic hydroxyl groups is 1. The predicted octanol–water partition coefficient (Wildman–Crippen LogP) is 2.04. The third-order valence-corrected chi connectivity index (χ3v) is 4.20. The van der Waals surface area contributed by atoms with Crippen molar-refractivity contribution in [1.29, 1.82) is 0 Å². The van der Waals surface area contributed by atoms with Crippen LogP contribution in [0, 0.1) is 6.92 Å². The minimum Gasteiger partial charge on any atom is -0.389 e. The van der Waals surface area contributed by atoms with E-state index < -0.39 is 5.60 Å². The van der Waals surface area contributed by atoms with E-state index in [1.54, 1.807) is 0 Å². The van der Waals surface area contributed by atoms with Crippen molar-refractivity contribution in [3.63, 3.8) is 0 Å². The van der Waals surface area contributed by atoms with Crippen molar-refractivity contribution in [1.82, 2.24) is 15.1 Å². The van der Waals surface area contributed by atoms with Crippen LogP contribution in [-0.2, 0) is 13.0 Å². The molecule has 1 aromatic heterocycles. The smallest absolute Gasteiger partial charge is 0.0704 e. The predicted molar refractivity (Wildman–Crippen MR) is 77.2 cm³/mol. The van der Waals surface area contributed by atoms with Crippen molar-refractivity contribution in [2.45, 2.75) is 71.1 Å². The molecule has 2 rings (SSSR count). The van der Waals surface area contributed by atoms with Crippen LogP contribution in [0.1, 0.15) is 50.9 Å². The zero-order chi connectivity index (χ0) is 13.9. The fourth-order valence-electron chi connectivity index (χ4n) is 3.18. The summed E-state index contributed by atoms with van der Waals surface area (Å²) < 4.78 is 2.02. The number of rotatable bonds is 5. The van der Waals surface area contributed by atoms with Crippen molar-refractivity contribution >= 4 is 0 Å². The van der Waals surface area contributed by atoms with E-state index in [4.69, 9.17) is 0 Å². The highest BCUT2D eigenvalue weighted by Crippen LogP contribution is 2.31. The van der Waals surface area contributed by atoms with Gasteiger partial charge >= 0.3 is 0 Å². The van der Waals surface area contributed by atoms with E-state index in [0.29, 0.717) is 6.04 Å². The maximum Gasteiger partial charge on any atom is 0.0704 e. The lowest BCUT2D eigenvalue weighted by Crippen LogP contribution is -2.42. The molecule has 0 unspecified atom stereocenters. The molecular weight excluding hydrogens is 238 g/mol. The standard InChI is InChI=1S/C15H27N3O/c1-4-16-13-6-8-15(19,9-7-13)11-14-10-12(3)17-18(14)5-2/h10,13,16,19H,4-9,11H2,1-3H3. The van der Waals surface area contributed by atoms with Crippen LogP contribution in [0.25, 0.3) is 0 Å². The monoisotopic (exact) mass is 265 g/mol. The summed E-state index contributed by atoms with van der Waals surface area (Å²) in [5.41, 5.74) is 1.68. The molecule has 1 aromatic rings. The second-order valence-electron chi connectivity index (χ2n) is 5.83. The fraction of sp³-hybridized carbons (Fsp3) is 0.800. The van der Waals surface area contributed by atoms with Gasteiger partial charge in [0.25, 0.3) is 0 Å². The van der Waals surface area contributed by atoms with E-state index in [2.05, 4.69) is 30.3 Å². The summed E-state index contributed by atoms with van der Waals surface area (Å²) in [5.74, 6) is 0. The summed E-state index contributed by atoms with van der Waals surface area (Å²) in [4.78, 5) is 0. The maximum absolute atomic E-state index is 10.8. The lowest BCUT2D eigenvalue weighted by atomic mass is 9.79. The van der Waals surface area contributed by atoms with Crippen LogP contribution in [0.5, 0.6) is 0 Å². The van der Waals surface area contributed by atoms with Gasteiger partial charge in [-0.15, -0.1) is 0 Å². The Balaban J connectivity index is 1.98. The van der Waals surface area contributed by atoms with Crippen LogP contribution in [0.4, 0.5) is 0 Å². The summed E-state index contributed by atoms with van der Waals surface area (Å²) >= 11 is 0. The SMILES string of the molecule is CCNC1CCC(O)(Cc2cc(C)nn2CC)CC1. The quantitative estimate of drug-likeness (QED) is 0.856. The van der Waals surface area contributed by atoms with E-state index in [1.165, 1.54) is 5.69 Å². The Hall–Kier alpha value is -0.870. The highest BCUT2D eigenvalue weighted by molar-refractivity contribution is 5.12. The van der Waals surface area contributed by atoms with E-state index in [9.17, 15) is 5.11 Å². The molecule has 2 N–H and O–H groups in total. The van der Waals surface area contributed by atoms with E-state index in [-0.39, 0.29) is 0 Å². The lowest BCUT2D eigenvalue weighted by Gasteiger charge is -2.36. The molecule has 0 saturated heterocycles. The highest BCUT2D eigenvalue weighted by atomic mass is 16.3. The number of aromatic nitrogens is 2. The minimum atomic E-state index is -0.536. The lowest BCUT2D eigenvalue weighted by molar-refractivity contribution is -0.00455. The second-order valence-corrected chi connectivity index (χ2v) is 5.83. The van der Waals surface area contributed by atoms with Crippen LogP contribution >= 0.6 is 0 Å². The van der Waals surface area contributed by atoms with Crippen molar-refractivity contribution in [2.24, 2.45) is 0 Å². The van der Waals surface area contributed by atoms with Gasteiger partial charge in [0.2, 0.25) is 0 Å². The summed E-state index contributed by atoms with van der Waals surface area (Å²) in [6.07, 6.45) is 4.66. The number of aryl methyl sites for hydroxylation is 2. The first-order valence-electron chi connectivity index (χ1n) is 7.55. The normalized spacial score (nSPS) is 27.7. The number of nitrogens with one attached hydrogen (secondary N) is 1. The molecule has 1 aliphatic rings. The topological polar surface area (TPSA) is 50.1 Å². The van der Waals surface area contributed by atoms with Gasteiger partial charge in [-0.1, -0.05) is 6.92 Å². The Labute approximate surface area is 116 Å². The third kappa shape index (κ3) is 3.57. The summed E-state index contributed by atoms with van der Waals surface area (Å²) in [5, 5.41) is 18.7. The van der Waals surface area contributed by atoms with Crippen molar-refractivity contribution in [3.05, 3.63) is 17.5 Å². The Kier molecular flexibility index (Phi) is 4.63. The molecule has 0 amide bonds. The molecule has 19 heavy (non-hydrogen) atoms. The second kappa shape index (κ2) is 6.06. The van der Waals surface area contributed by atoms with Gasteiger partial charge in [-0.3, -0.25) is 4.68 Å². The van der Waals surface area contributed by atoms with Crippen LogP contribution in [0.2, 0.25) is 0 Å². The molecule has 0 aromatic carbocycles. The number of hydrogen-bond donors (Lipinski definition) is 2. The average molecular weight is 265 g/mol. The average Bonchev–Trinajstić information content (AvgIpc) is 2.72. The third-order valence-electron chi connectivity index (χ3n) is 4.20. The van der Waals surface area contributed by atoms with Gasteiger partial charge in [0.05, 0.1) is 11.3 Å². The van der Waals surface area contributed by atoms with Crippen LogP contribution < -0.4 is 5.32 Å². The Morgan fingerprint density at radius 3 is 2.68 bits per heavy atom. The molecule has 0 spiro atoms. The van der Waals surface area contributed by atoms with Crippen LogP contribution in [-0.4, -0.2) is 33.1 Å². The molecule has 0 bridgehead atoms. The molecule has 1 fully saturated rings. The van der Waals surface area contributed by atoms with Gasteiger partial charge in [-0.2, -0.15) is 5.10 Å². The van der Waals surface area contributed by atoms with Crippen molar-refractivity contribution in [3.8, 4) is 0 Å². The van der Waals surface area contributed by atoms with Gasteiger partial charge in [0.15, 0.2) is 0 Å². The summed E-state index contributed by atoms with van der Waals surface area (Å²) in [6, 6.07) is 2.70. The molecule has 4 heteroatoms. The Morgan fingerprint density at radius 1 is 1.42 bits per heavy atom. The van der Waals surface area contributed by atoms with Gasteiger partial charge in [-0.25, -0.2) is 0 Å². The zero-order valence-electron chi connectivity index (χ0n) is 12.4. The Morgan fingerprint density at radius 2 is 2.11 bits per heavy atom. The molecule has 4 nitrogen and oxygen atoms in total. The first-order chi connectivity index (χ1) is 9.06. The molecule has 0 atom stereocenters. The first kappa shape index (κ1) is 14.5. The number of nitrogens with zero attached hydrogens (tertiary/aromatic N) is 2. The largest absolute Gasteiger partial charge is 0.389 e. The number of hydrogen-bond acceptors (Lipinski definition) is 3. The minimum absolute atomic E-state index is 0.536. The highest BCUT2D eigenvalue weighted by Gasteiger charge is 2.33. The molecule has 1 aliphatic carbocycles. The van der Waals surface area contributed by atoms with Gasteiger partial charge in [0, 0.05) is 24.7 Å². The van der Waals surface area contributed by atoms with Crippen molar-refractivity contribution < 1.29 is 5.11 Å². The molecule has 1 saturated carbocycles. The van der Waals surface area contributed by atoms with E-state index in [0.717, 1.165) is 50.9 Å².